The molecule has 0 spiro atoms. The van der Waals surface area contributed by atoms with Gasteiger partial charge in [0.05, 0.1) is 0 Å². The van der Waals surface area contributed by atoms with Crippen molar-refractivity contribution in [3.05, 3.63) is 0 Å². The second-order valence-electron chi connectivity index (χ2n) is 5.92. The molecule has 18 heavy (non-hydrogen) atoms. The van der Waals surface area contributed by atoms with Gasteiger partial charge in [0.1, 0.15) is 6.10 Å². The summed E-state index contributed by atoms with van der Waals surface area (Å²) in [6.07, 6.45) is 6.65. The molecule has 0 aromatic heterocycles. The zero-order chi connectivity index (χ0) is 12.4. The summed E-state index contributed by atoms with van der Waals surface area (Å²) in [6.45, 7) is 3.95. The van der Waals surface area contributed by atoms with Crippen LogP contribution in [0.1, 0.15) is 38.5 Å². The lowest BCUT2D eigenvalue weighted by Gasteiger charge is -2.31. The van der Waals surface area contributed by atoms with Gasteiger partial charge in [-0.3, -0.25) is 4.79 Å². The van der Waals surface area contributed by atoms with Crippen LogP contribution in [0.2, 0.25) is 0 Å². The summed E-state index contributed by atoms with van der Waals surface area (Å²) in [5.74, 6) is 0.964. The Morgan fingerprint density at radius 1 is 1.17 bits per heavy atom. The van der Waals surface area contributed by atoms with Crippen LogP contribution >= 0.6 is 0 Å². The van der Waals surface area contributed by atoms with Gasteiger partial charge in [0.25, 0.3) is 5.91 Å². The smallest absolute Gasteiger partial charge is 0.251 e. The zero-order valence-electron chi connectivity index (χ0n) is 11.1. The van der Waals surface area contributed by atoms with Crippen molar-refractivity contribution in [3.63, 3.8) is 0 Å². The number of hydrogen-bond acceptors (Lipinski definition) is 3. The maximum absolute atomic E-state index is 12.5. The SMILES string of the molecule is O=C([C@H]1CCCO1)N(CC1CCNCC1)C1CC1. The Morgan fingerprint density at radius 3 is 2.56 bits per heavy atom. The number of ether oxygens (including phenoxy) is 1. The molecule has 0 aromatic rings. The maximum Gasteiger partial charge on any atom is 0.251 e. The Bertz CT molecular complexity index is 292. The largest absolute Gasteiger partial charge is 0.368 e. The van der Waals surface area contributed by atoms with Gasteiger partial charge < -0.3 is 15.0 Å². The molecule has 1 atom stereocenters. The Kier molecular flexibility index (Phi) is 3.85. The minimum absolute atomic E-state index is 0.132. The number of carbonyl (C=O) groups excluding carboxylic acids is 1. The third-order valence-corrected chi connectivity index (χ3v) is 4.39. The molecular formula is C14H24N2O2. The van der Waals surface area contributed by atoms with Gasteiger partial charge in [-0.1, -0.05) is 0 Å². The third kappa shape index (κ3) is 2.86. The molecule has 0 radical (unpaired) electrons. The molecule has 4 heteroatoms. The van der Waals surface area contributed by atoms with Crippen LogP contribution in [0.5, 0.6) is 0 Å². The highest BCUT2D eigenvalue weighted by molar-refractivity contribution is 5.81. The van der Waals surface area contributed by atoms with E-state index in [1.807, 2.05) is 0 Å². The molecule has 2 aliphatic heterocycles. The molecule has 3 rings (SSSR count). The van der Waals surface area contributed by atoms with Gasteiger partial charge in [0, 0.05) is 19.2 Å². The molecule has 0 aromatic carbocycles. The highest BCUT2D eigenvalue weighted by Gasteiger charge is 2.38. The van der Waals surface area contributed by atoms with Gasteiger partial charge in [0.15, 0.2) is 0 Å². The fourth-order valence-corrected chi connectivity index (χ4v) is 3.11. The first-order chi connectivity index (χ1) is 8.84. The summed E-state index contributed by atoms with van der Waals surface area (Å²) in [5.41, 5.74) is 0. The highest BCUT2D eigenvalue weighted by atomic mass is 16.5. The van der Waals surface area contributed by atoms with Crippen molar-refractivity contribution >= 4 is 5.91 Å². The number of piperidine rings is 1. The van der Waals surface area contributed by atoms with Crippen molar-refractivity contribution < 1.29 is 9.53 Å². The van der Waals surface area contributed by atoms with E-state index >= 15 is 0 Å². The number of carbonyl (C=O) groups is 1. The first-order valence-corrected chi connectivity index (χ1v) is 7.47. The van der Waals surface area contributed by atoms with Crippen LogP contribution < -0.4 is 5.32 Å². The van der Waals surface area contributed by atoms with E-state index in [2.05, 4.69) is 10.2 Å². The third-order valence-electron chi connectivity index (χ3n) is 4.39. The molecule has 3 aliphatic rings. The fourth-order valence-electron chi connectivity index (χ4n) is 3.11. The van der Waals surface area contributed by atoms with Crippen LogP contribution in [0.4, 0.5) is 0 Å². The van der Waals surface area contributed by atoms with Crippen molar-refractivity contribution in [2.75, 3.05) is 26.2 Å². The standard InChI is InChI=1S/C14H24N2O2/c17-14(13-2-1-9-18-13)16(12-3-4-12)10-11-5-7-15-8-6-11/h11-13,15H,1-10H2/t13-/m1/s1. The van der Waals surface area contributed by atoms with E-state index < -0.39 is 0 Å². The van der Waals surface area contributed by atoms with Gasteiger partial charge in [-0.15, -0.1) is 0 Å². The quantitative estimate of drug-likeness (QED) is 0.816. The second kappa shape index (κ2) is 5.57. The van der Waals surface area contributed by atoms with Crippen LogP contribution in [0, 0.1) is 5.92 Å². The molecule has 0 bridgehead atoms. The van der Waals surface area contributed by atoms with Crippen LogP contribution in [-0.4, -0.2) is 49.2 Å². The lowest BCUT2D eigenvalue weighted by molar-refractivity contribution is -0.142. The molecule has 2 heterocycles. The van der Waals surface area contributed by atoms with E-state index in [1.54, 1.807) is 0 Å². The number of rotatable bonds is 4. The molecule has 4 nitrogen and oxygen atoms in total. The number of nitrogens with zero attached hydrogens (tertiary/aromatic N) is 1. The highest BCUT2D eigenvalue weighted by Crippen LogP contribution is 2.31. The van der Waals surface area contributed by atoms with Crippen LogP contribution in [0.15, 0.2) is 0 Å². The Balaban J connectivity index is 1.58. The van der Waals surface area contributed by atoms with E-state index in [-0.39, 0.29) is 12.0 Å². The summed E-state index contributed by atoms with van der Waals surface area (Å²) in [6, 6.07) is 0.525. The monoisotopic (exact) mass is 252 g/mol. The van der Waals surface area contributed by atoms with Crippen LogP contribution in [-0.2, 0) is 9.53 Å². The van der Waals surface area contributed by atoms with Gasteiger partial charge >= 0.3 is 0 Å². The summed E-state index contributed by atoms with van der Waals surface area (Å²) in [7, 11) is 0. The minimum Gasteiger partial charge on any atom is -0.368 e. The van der Waals surface area contributed by atoms with E-state index in [0.717, 1.165) is 39.1 Å². The van der Waals surface area contributed by atoms with Crippen molar-refractivity contribution in [2.45, 2.75) is 50.7 Å². The summed E-state index contributed by atoms with van der Waals surface area (Å²) < 4.78 is 5.56. The lowest BCUT2D eigenvalue weighted by Crippen LogP contribution is -2.44. The second-order valence-corrected chi connectivity index (χ2v) is 5.92. The molecule has 0 unspecified atom stereocenters. The molecule has 1 aliphatic carbocycles. The topological polar surface area (TPSA) is 41.6 Å². The first kappa shape index (κ1) is 12.4. The van der Waals surface area contributed by atoms with E-state index in [0.29, 0.717) is 12.0 Å². The predicted molar refractivity (Wildman–Crippen MR) is 69.3 cm³/mol. The number of nitrogens with one attached hydrogen (secondary N) is 1. The van der Waals surface area contributed by atoms with E-state index in [9.17, 15) is 4.79 Å². The molecular weight excluding hydrogens is 228 g/mol. The van der Waals surface area contributed by atoms with Gasteiger partial charge in [0.2, 0.25) is 0 Å². The van der Waals surface area contributed by atoms with Gasteiger partial charge in [-0.05, 0) is 57.5 Å². The summed E-state index contributed by atoms with van der Waals surface area (Å²) in [5, 5.41) is 3.39. The summed E-state index contributed by atoms with van der Waals surface area (Å²) in [4.78, 5) is 14.6. The predicted octanol–water partition coefficient (Wildman–Crippen LogP) is 1.16. The van der Waals surface area contributed by atoms with Crippen molar-refractivity contribution in [1.82, 2.24) is 10.2 Å². The van der Waals surface area contributed by atoms with Crippen molar-refractivity contribution in [2.24, 2.45) is 5.92 Å². The van der Waals surface area contributed by atoms with Crippen LogP contribution in [0.3, 0.4) is 0 Å². The molecule has 1 saturated carbocycles. The van der Waals surface area contributed by atoms with Crippen LogP contribution in [0.25, 0.3) is 0 Å². The molecule has 1 N–H and O–H groups in total. The maximum atomic E-state index is 12.5. The average molecular weight is 252 g/mol. The number of amides is 1. The van der Waals surface area contributed by atoms with Crippen molar-refractivity contribution in [1.29, 1.82) is 0 Å². The molecule has 2 saturated heterocycles. The first-order valence-electron chi connectivity index (χ1n) is 7.47. The van der Waals surface area contributed by atoms with Gasteiger partial charge in [-0.2, -0.15) is 0 Å². The normalized spacial score (nSPS) is 29.4. The fraction of sp³-hybridized carbons (Fsp3) is 0.929. The zero-order valence-corrected chi connectivity index (χ0v) is 11.1. The molecule has 1 amide bonds. The summed E-state index contributed by atoms with van der Waals surface area (Å²) >= 11 is 0. The van der Waals surface area contributed by atoms with E-state index in [1.165, 1.54) is 25.7 Å². The lowest BCUT2D eigenvalue weighted by atomic mass is 9.97. The number of hydrogen-bond donors (Lipinski definition) is 1. The Labute approximate surface area is 109 Å². The van der Waals surface area contributed by atoms with Gasteiger partial charge in [-0.25, -0.2) is 0 Å². The Hall–Kier alpha value is -0.610. The average Bonchev–Trinajstić information content (AvgIpc) is 3.10. The van der Waals surface area contributed by atoms with E-state index in [4.69, 9.17) is 4.74 Å². The minimum atomic E-state index is -0.132. The molecule has 3 fully saturated rings. The Morgan fingerprint density at radius 2 is 1.94 bits per heavy atom. The van der Waals surface area contributed by atoms with Crippen molar-refractivity contribution in [3.8, 4) is 0 Å². The molecule has 102 valence electrons.